The highest BCUT2D eigenvalue weighted by Gasteiger charge is 2.16. The number of carbonyl (C=O) groups is 1. The van der Waals surface area contributed by atoms with Gasteiger partial charge >= 0.3 is 0 Å². The summed E-state index contributed by atoms with van der Waals surface area (Å²) in [7, 11) is 3.22. The lowest BCUT2D eigenvalue weighted by atomic mass is 10.2. The van der Waals surface area contributed by atoms with E-state index in [4.69, 9.17) is 9.47 Å². The minimum absolute atomic E-state index is 0.0801. The normalized spacial score (nSPS) is 14.2. The van der Waals surface area contributed by atoms with Crippen LogP contribution >= 0.6 is 11.3 Å². The maximum atomic E-state index is 12.6. The number of nitrogens with one attached hydrogen (secondary N) is 1. The third-order valence-electron chi connectivity index (χ3n) is 5.86. The molecular formula is C25H30N4O3S. The molecule has 1 amide bonds. The van der Waals surface area contributed by atoms with Gasteiger partial charge in [-0.2, -0.15) is 0 Å². The number of benzene rings is 2. The number of amides is 1. The first-order valence-corrected chi connectivity index (χ1v) is 12.0. The van der Waals surface area contributed by atoms with Gasteiger partial charge in [-0.1, -0.05) is 6.92 Å². The molecule has 1 saturated heterocycles. The zero-order valence-electron chi connectivity index (χ0n) is 19.3. The molecule has 0 radical (unpaired) electrons. The molecule has 2 aromatic carbocycles. The van der Waals surface area contributed by atoms with Gasteiger partial charge in [-0.25, -0.2) is 4.98 Å². The van der Waals surface area contributed by atoms with Crippen molar-refractivity contribution < 1.29 is 14.3 Å². The molecule has 2 heterocycles. The molecule has 0 bridgehead atoms. The molecule has 0 spiro atoms. The minimum Gasteiger partial charge on any atom is -0.493 e. The molecule has 1 aromatic heterocycles. The van der Waals surface area contributed by atoms with Crippen molar-refractivity contribution in [3.63, 3.8) is 0 Å². The number of methoxy groups -OCH3 is 2. The fourth-order valence-corrected chi connectivity index (χ4v) is 4.75. The monoisotopic (exact) mass is 466 g/mol. The molecular weight excluding hydrogens is 436 g/mol. The number of likely N-dealkylation sites (N-methyl/N-ethyl adjacent to an activating group) is 1. The van der Waals surface area contributed by atoms with Gasteiger partial charge in [-0.05, 0) is 49.0 Å². The highest BCUT2D eigenvalue weighted by Crippen LogP contribution is 2.33. The molecule has 1 fully saturated rings. The summed E-state index contributed by atoms with van der Waals surface area (Å²) in [5.74, 6) is 1.25. The number of piperazine rings is 1. The second-order valence-electron chi connectivity index (χ2n) is 7.91. The fraction of sp³-hybridized carbons (Fsp3) is 0.360. The van der Waals surface area contributed by atoms with Gasteiger partial charge in [0.25, 0.3) is 0 Å². The molecule has 7 nitrogen and oxygen atoms in total. The first-order valence-electron chi connectivity index (χ1n) is 11.1. The Hall–Kier alpha value is -3.10. The lowest BCUT2D eigenvalue weighted by Gasteiger charge is -2.35. The molecule has 1 aliphatic rings. The third kappa shape index (κ3) is 5.64. The molecule has 33 heavy (non-hydrogen) atoms. The van der Waals surface area contributed by atoms with E-state index in [9.17, 15) is 4.79 Å². The van der Waals surface area contributed by atoms with Gasteiger partial charge in [0.05, 0.1) is 26.3 Å². The Labute approximate surface area is 199 Å². The number of thiazole rings is 1. The smallest absolute Gasteiger partial charge is 0.230 e. The Bertz CT molecular complexity index is 1080. The van der Waals surface area contributed by atoms with Crippen LogP contribution in [-0.2, 0) is 11.2 Å². The number of rotatable bonds is 8. The zero-order valence-corrected chi connectivity index (χ0v) is 20.2. The molecule has 0 aliphatic carbocycles. The number of nitrogens with zero attached hydrogens (tertiary/aromatic N) is 3. The average molecular weight is 467 g/mol. The summed E-state index contributed by atoms with van der Waals surface area (Å²) in [6, 6.07) is 13.8. The van der Waals surface area contributed by atoms with Crippen LogP contribution in [0.1, 0.15) is 12.6 Å². The van der Waals surface area contributed by atoms with Crippen molar-refractivity contribution in [3.8, 4) is 22.1 Å². The van der Waals surface area contributed by atoms with E-state index in [0.717, 1.165) is 54.7 Å². The van der Waals surface area contributed by atoms with Crippen LogP contribution in [0.4, 0.5) is 11.4 Å². The zero-order chi connectivity index (χ0) is 23.2. The van der Waals surface area contributed by atoms with Crippen molar-refractivity contribution >= 4 is 28.6 Å². The maximum Gasteiger partial charge on any atom is 0.230 e. The van der Waals surface area contributed by atoms with Crippen LogP contribution in [0.3, 0.4) is 0 Å². The van der Waals surface area contributed by atoms with E-state index in [1.807, 2.05) is 35.7 Å². The van der Waals surface area contributed by atoms with Crippen LogP contribution in [0.2, 0.25) is 0 Å². The SMILES string of the molecule is CCN1CCN(c2ccc(NC(=O)Cc3csc(-c4ccc(OC)c(OC)c4)n3)cc2)CC1. The number of hydrogen-bond donors (Lipinski definition) is 1. The molecule has 1 N–H and O–H groups in total. The Kier molecular flexibility index (Phi) is 7.47. The Morgan fingerprint density at radius 1 is 1.03 bits per heavy atom. The van der Waals surface area contributed by atoms with Crippen molar-refractivity contribution in [1.29, 1.82) is 0 Å². The number of hydrogen-bond acceptors (Lipinski definition) is 7. The van der Waals surface area contributed by atoms with Crippen LogP contribution in [0, 0.1) is 0 Å². The molecule has 8 heteroatoms. The predicted molar refractivity (Wildman–Crippen MR) is 134 cm³/mol. The molecule has 0 saturated carbocycles. The second-order valence-corrected chi connectivity index (χ2v) is 8.76. The summed E-state index contributed by atoms with van der Waals surface area (Å²) in [4.78, 5) is 22.1. The van der Waals surface area contributed by atoms with Gasteiger partial charge in [0.1, 0.15) is 5.01 Å². The fourth-order valence-electron chi connectivity index (χ4n) is 3.94. The summed E-state index contributed by atoms with van der Waals surface area (Å²) in [5, 5.41) is 5.74. The highest BCUT2D eigenvalue weighted by atomic mass is 32.1. The first kappa shape index (κ1) is 23.1. The van der Waals surface area contributed by atoms with Crippen LogP contribution < -0.4 is 19.7 Å². The van der Waals surface area contributed by atoms with Crippen molar-refractivity contribution in [1.82, 2.24) is 9.88 Å². The standard InChI is InChI=1S/C25H30N4O3S/c1-4-28-11-13-29(14-12-28)21-8-6-19(7-9-21)26-24(30)16-20-17-33-25(27-20)18-5-10-22(31-2)23(15-18)32-3/h5-10,15,17H,4,11-14,16H2,1-3H3,(H,26,30). The number of aromatic nitrogens is 1. The number of ether oxygens (including phenoxy) is 2. The average Bonchev–Trinajstić information content (AvgIpc) is 3.32. The molecule has 0 unspecified atom stereocenters. The molecule has 1 aliphatic heterocycles. The molecule has 3 aromatic rings. The second kappa shape index (κ2) is 10.7. The van der Waals surface area contributed by atoms with Gasteiger partial charge in [0, 0.05) is 48.5 Å². The number of carbonyl (C=O) groups excluding carboxylic acids is 1. The summed E-state index contributed by atoms with van der Waals surface area (Å²) in [6.45, 7) is 7.56. The summed E-state index contributed by atoms with van der Waals surface area (Å²) < 4.78 is 10.7. The quantitative estimate of drug-likeness (QED) is 0.538. The summed E-state index contributed by atoms with van der Waals surface area (Å²) >= 11 is 1.51. The van der Waals surface area contributed by atoms with Crippen molar-refractivity contribution in [3.05, 3.63) is 53.5 Å². The van der Waals surface area contributed by atoms with Gasteiger partial charge in [0.15, 0.2) is 11.5 Å². The third-order valence-corrected chi connectivity index (χ3v) is 6.80. The van der Waals surface area contributed by atoms with Crippen molar-refractivity contribution in [2.45, 2.75) is 13.3 Å². The topological polar surface area (TPSA) is 66.9 Å². The number of anilines is 2. The van der Waals surface area contributed by atoms with Gasteiger partial charge < -0.3 is 24.6 Å². The molecule has 0 atom stereocenters. The van der Waals surface area contributed by atoms with Gasteiger partial charge in [0.2, 0.25) is 5.91 Å². The lowest BCUT2D eigenvalue weighted by molar-refractivity contribution is -0.115. The van der Waals surface area contributed by atoms with E-state index < -0.39 is 0 Å². The minimum atomic E-state index is -0.0801. The van der Waals surface area contributed by atoms with E-state index >= 15 is 0 Å². The van der Waals surface area contributed by atoms with Crippen LogP contribution in [0.5, 0.6) is 11.5 Å². The molecule has 174 valence electrons. The maximum absolute atomic E-state index is 12.6. The van der Waals surface area contributed by atoms with Gasteiger partial charge in [-0.15, -0.1) is 11.3 Å². The predicted octanol–water partition coefficient (Wildman–Crippen LogP) is 4.15. The largest absolute Gasteiger partial charge is 0.493 e. The van der Waals surface area contributed by atoms with Crippen molar-refractivity contribution in [2.24, 2.45) is 0 Å². The lowest BCUT2D eigenvalue weighted by Crippen LogP contribution is -2.46. The van der Waals surface area contributed by atoms with E-state index in [2.05, 4.69) is 39.2 Å². The first-order chi connectivity index (χ1) is 16.1. The van der Waals surface area contributed by atoms with E-state index in [1.165, 1.54) is 17.0 Å². The summed E-state index contributed by atoms with van der Waals surface area (Å²) in [6.07, 6.45) is 0.227. The van der Waals surface area contributed by atoms with Crippen molar-refractivity contribution in [2.75, 3.05) is 57.2 Å². The van der Waals surface area contributed by atoms with Crippen LogP contribution in [0.15, 0.2) is 47.8 Å². The Morgan fingerprint density at radius 3 is 2.42 bits per heavy atom. The summed E-state index contributed by atoms with van der Waals surface area (Å²) in [5.41, 5.74) is 3.67. The van der Waals surface area contributed by atoms with E-state index in [1.54, 1.807) is 14.2 Å². The Morgan fingerprint density at radius 2 is 1.76 bits per heavy atom. The Balaban J connectivity index is 1.34. The van der Waals surface area contributed by atoms with Gasteiger partial charge in [-0.3, -0.25) is 4.79 Å². The highest BCUT2D eigenvalue weighted by molar-refractivity contribution is 7.13. The van der Waals surface area contributed by atoms with Crippen LogP contribution in [-0.4, -0.2) is 62.7 Å². The van der Waals surface area contributed by atoms with E-state index in [0.29, 0.717) is 11.5 Å². The molecule has 4 rings (SSSR count). The van der Waals surface area contributed by atoms with Crippen LogP contribution in [0.25, 0.3) is 10.6 Å². The van der Waals surface area contributed by atoms with E-state index in [-0.39, 0.29) is 12.3 Å².